The molecule has 1 aliphatic rings. The van der Waals surface area contributed by atoms with Crippen molar-refractivity contribution < 1.29 is 14.7 Å². The highest BCUT2D eigenvalue weighted by atomic mass is 16.6. The van der Waals surface area contributed by atoms with Crippen LogP contribution >= 0.6 is 0 Å². The molecule has 0 aromatic heterocycles. The smallest absolute Gasteiger partial charge is 0.354 e. The molecule has 56 valence electrons. The van der Waals surface area contributed by atoms with Gasteiger partial charge in [-0.2, -0.15) is 0 Å². The van der Waals surface area contributed by atoms with E-state index in [1.165, 1.54) is 0 Å². The van der Waals surface area contributed by atoms with Crippen molar-refractivity contribution in [3.63, 3.8) is 0 Å². The molecule has 0 spiro atoms. The molecule has 0 fully saturated rings. The molecule has 4 nitrogen and oxygen atoms in total. The third-order valence-electron chi connectivity index (χ3n) is 1.67. The fourth-order valence-electron chi connectivity index (χ4n) is 0.770. The first-order chi connectivity index (χ1) is 4.63. The van der Waals surface area contributed by atoms with Crippen molar-refractivity contribution in [1.82, 2.24) is 0 Å². The Labute approximate surface area is 58.5 Å². The average Bonchev–Trinajstić information content (AvgIpc) is 2.14. The van der Waals surface area contributed by atoms with Gasteiger partial charge >= 0.3 is 5.97 Å². The van der Waals surface area contributed by atoms with Gasteiger partial charge < -0.3 is 9.94 Å². The summed E-state index contributed by atoms with van der Waals surface area (Å²) in [5.74, 6) is -1.09. The summed E-state index contributed by atoms with van der Waals surface area (Å²) >= 11 is 0. The zero-order valence-corrected chi connectivity index (χ0v) is 5.87. The van der Waals surface area contributed by atoms with Gasteiger partial charge in [0.25, 0.3) is 0 Å². The van der Waals surface area contributed by atoms with E-state index in [2.05, 4.69) is 5.16 Å². The first-order valence-corrected chi connectivity index (χ1v) is 3.10. The fraction of sp³-hybridized carbons (Fsp3) is 0.667. The molecule has 10 heavy (non-hydrogen) atoms. The predicted octanol–water partition coefficient (Wildman–Crippen LogP) is 0.482. The van der Waals surface area contributed by atoms with Gasteiger partial charge in [-0.05, 0) is 6.92 Å². The molecule has 0 saturated carbocycles. The molecule has 1 rings (SSSR count). The molecule has 2 atom stereocenters. The Balaban J connectivity index is 2.72. The summed E-state index contributed by atoms with van der Waals surface area (Å²) in [5, 5.41) is 11.9. The van der Waals surface area contributed by atoms with E-state index in [4.69, 9.17) is 9.94 Å². The monoisotopic (exact) mass is 143 g/mol. The third-order valence-corrected chi connectivity index (χ3v) is 1.67. The predicted molar refractivity (Wildman–Crippen MR) is 34.8 cm³/mol. The Kier molecular flexibility index (Phi) is 1.61. The van der Waals surface area contributed by atoms with Gasteiger partial charge in [-0.25, -0.2) is 4.79 Å². The number of carbonyl (C=O) groups is 1. The van der Waals surface area contributed by atoms with Crippen LogP contribution in [0.2, 0.25) is 0 Å². The first-order valence-electron chi connectivity index (χ1n) is 3.10. The lowest BCUT2D eigenvalue weighted by Crippen LogP contribution is -2.23. The van der Waals surface area contributed by atoms with Crippen molar-refractivity contribution in [2.75, 3.05) is 0 Å². The number of oxime groups is 1. The zero-order valence-electron chi connectivity index (χ0n) is 5.87. The van der Waals surface area contributed by atoms with Crippen LogP contribution in [0, 0.1) is 5.92 Å². The topological polar surface area (TPSA) is 58.9 Å². The molecule has 0 amide bonds. The maximum atomic E-state index is 10.3. The van der Waals surface area contributed by atoms with Crippen LogP contribution in [-0.4, -0.2) is 22.9 Å². The molecule has 1 N–H and O–H groups in total. The van der Waals surface area contributed by atoms with Gasteiger partial charge in [-0.1, -0.05) is 12.1 Å². The van der Waals surface area contributed by atoms with Crippen molar-refractivity contribution in [2.45, 2.75) is 20.0 Å². The second kappa shape index (κ2) is 2.28. The maximum absolute atomic E-state index is 10.3. The SMILES string of the molecule is C[C@@H]1ON=C(C(=O)O)[C@@H]1C. The lowest BCUT2D eigenvalue weighted by Gasteiger charge is -2.04. The molecule has 0 bridgehead atoms. The lowest BCUT2D eigenvalue weighted by molar-refractivity contribution is -0.129. The Morgan fingerprint density at radius 2 is 2.30 bits per heavy atom. The molecule has 1 heterocycles. The molecule has 4 heteroatoms. The van der Waals surface area contributed by atoms with Gasteiger partial charge in [-0.15, -0.1) is 0 Å². The van der Waals surface area contributed by atoms with Gasteiger partial charge in [0.15, 0.2) is 5.71 Å². The lowest BCUT2D eigenvalue weighted by atomic mass is 10.0. The van der Waals surface area contributed by atoms with E-state index in [9.17, 15) is 4.79 Å². The highest BCUT2D eigenvalue weighted by Crippen LogP contribution is 2.16. The van der Waals surface area contributed by atoms with Gasteiger partial charge in [-0.3, -0.25) is 0 Å². The quantitative estimate of drug-likeness (QED) is 0.580. The van der Waals surface area contributed by atoms with E-state index in [-0.39, 0.29) is 17.7 Å². The number of hydrogen-bond donors (Lipinski definition) is 1. The van der Waals surface area contributed by atoms with Crippen molar-refractivity contribution in [2.24, 2.45) is 11.1 Å². The van der Waals surface area contributed by atoms with Gasteiger partial charge in [0.2, 0.25) is 0 Å². The Hall–Kier alpha value is -1.06. The standard InChI is InChI=1S/C6H9NO3/c1-3-4(2)10-7-5(3)6(8)9/h3-4H,1-2H3,(H,8,9)/t3-,4+/m1/s1. The molecular formula is C6H9NO3. The molecule has 0 aliphatic carbocycles. The average molecular weight is 143 g/mol. The van der Waals surface area contributed by atoms with E-state index in [1.807, 2.05) is 0 Å². The minimum absolute atomic E-state index is 0.0995. The molecule has 1 aliphatic heterocycles. The molecule has 0 radical (unpaired) electrons. The molecule has 0 saturated heterocycles. The Bertz CT molecular complexity index is 187. The second-order valence-electron chi connectivity index (χ2n) is 2.38. The number of carboxylic acid groups (broad SMARTS) is 1. The Morgan fingerprint density at radius 3 is 2.50 bits per heavy atom. The van der Waals surface area contributed by atoms with Crippen LogP contribution in [0.4, 0.5) is 0 Å². The van der Waals surface area contributed by atoms with E-state index < -0.39 is 5.97 Å². The van der Waals surface area contributed by atoms with Gasteiger partial charge in [0, 0.05) is 5.92 Å². The maximum Gasteiger partial charge on any atom is 0.354 e. The van der Waals surface area contributed by atoms with E-state index in [0.717, 1.165) is 0 Å². The van der Waals surface area contributed by atoms with Crippen LogP contribution in [0.1, 0.15) is 13.8 Å². The second-order valence-corrected chi connectivity index (χ2v) is 2.38. The zero-order chi connectivity index (χ0) is 7.72. The molecule has 0 aromatic rings. The number of rotatable bonds is 1. The fourth-order valence-corrected chi connectivity index (χ4v) is 0.770. The van der Waals surface area contributed by atoms with Crippen LogP contribution in [0.25, 0.3) is 0 Å². The van der Waals surface area contributed by atoms with Crippen LogP contribution in [0.15, 0.2) is 5.16 Å². The van der Waals surface area contributed by atoms with Crippen LogP contribution in [0.3, 0.4) is 0 Å². The van der Waals surface area contributed by atoms with Crippen LogP contribution < -0.4 is 0 Å². The third kappa shape index (κ3) is 0.964. The van der Waals surface area contributed by atoms with E-state index in [1.54, 1.807) is 13.8 Å². The molecule has 0 aromatic carbocycles. The molecular weight excluding hydrogens is 134 g/mol. The summed E-state index contributed by atoms with van der Waals surface area (Å²) in [4.78, 5) is 15.1. The summed E-state index contributed by atoms with van der Waals surface area (Å²) in [6, 6.07) is 0. The summed E-state index contributed by atoms with van der Waals surface area (Å²) in [6.07, 6.45) is -0.105. The van der Waals surface area contributed by atoms with Crippen molar-refractivity contribution in [1.29, 1.82) is 0 Å². The largest absolute Gasteiger partial charge is 0.477 e. The number of aliphatic carboxylic acids is 1. The highest BCUT2D eigenvalue weighted by molar-refractivity contribution is 6.36. The normalized spacial score (nSPS) is 31.2. The van der Waals surface area contributed by atoms with Gasteiger partial charge in [0.05, 0.1) is 0 Å². The molecule has 0 unspecified atom stereocenters. The first kappa shape index (κ1) is 7.05. The summed E-state index contributed by atoms with van der Waals surface area (Å²) < 4.78 is 0. The minimum atomic E-state index is -0.989. The van der Waals surface area contributed by atoms with Crippen molar-refractivity contribution in [3.8, 4) is 0 Å². The number of carboxylic acids is 1. The van der Waals surface area contributed by atoms with Gasteiger partial charge in [0.1, 0.15) is 6.10 Å². The summed E-state index contributed by atoms with van der Waals surface area (Å²) in [6.45, 7) is 3.58. The number of nitrogens with zero attached hydrogens (tertiary/aromatic N) is 1. The van der Waals surface area contributed by atoms with Crippen LogP contribution in [-0.2, 0) is 9.63 Å². The summed E-state index contributed by atoms with van der Waals surface area (Å²) in [7, 11) is 0. The van der Waals surface area contributed by atoms with Crippen molar-refractivity contribution >= 4 is 11.7 Å². The van der Waals surface area contributed by atoms with Crippen molar-refractivity contribution in [3.05, 3.63) is 0 Å². The van der Waals surface area contributed by atoms with Crippen LogP contribution in [0.5, 0.6) is 0 Å². The van der Waals surface area contributed by atoms with E-state index in [0.29, 0.717) is 0 Å². The highest BCUT2D eigenvalue weighted by Gasteiger charge is 2.30. The van der Waals surface area contributed by atoms with E-state index >= 15 is 0 Å². The minimum Gasteiger partial charge on any atom is -0.477 e. The summed E-state index contributed by atoms with van der Waals surface area (Å²) in [5.41, 5.74) is 0.118. The Morgan fingerprint density at radius 1 is 1.70 bits per heavy atom. The number of hydrogen-bond acceptors (Lipinski definition) is 3.